The second kappa shape index (κ2) is 2.98. The van der Waals surface area contributed by atoms with Gasteiger partial charge in [-0.15, -0.1) is 0 Å². The Balaban J connectivity index is 2.94. The Bertz CT molecular complexity index is 276. The maximum atomic E-state index is 11.4. The molecule has 0 radical (unpaired) electrons. The minimum absolute atomic E-state index is 0.199. The average molecular weight is 165 g/mol. The maximum absolute atomic E-state index is 11.4. The minimum atomic E-state index is -0.879. The molecule has 0 unspecified atom stereocenters. The molecule has 0 aliphatic rings. The topological polar surface area (TPSA) is 68.9 Å². The number of ketones is 1. The van der Waals surface area contributed by atoms with E-state index in [-0.39, 0.29) is 5.78 Å². The fourth-order valence-corrected chi connectivity index (χ4v) is 0.746. The molecule has 0 saturated carbocycles. The highest BCUT2D eigenvalue weighted by atomic mass is 16.1. The van der Waals surface area contributed by atoms with Gasteiger partial charge in [-0.3, -0.25) is 9.78 Å². The third-order valence-corrected chi connectivity index (χ3v) is 1.38. The highest BCUT2D eigenvalue weighted by Gasteiger charge is 2.24. The molecule has 0 atom stereocenters. The van der Waals surface area contributed by atoms with Gasteiger partial charge in [-0.05, 0) is 13.8 Å². The van der Waals surface area contributed by atoms with E-state index in [1.165, 1.54) is 18.6 Å². The summed E-state index contributed by atoms with van der Waals surface area (Å²) in [4.78, 5) is 19.1. The molecule has 0 bridgehead atoms. The van der Waals surface area contributed by atoms with Crippen molar-refractivity contribution < 1.29 is 4.79 Å². The zero-order valence-electron chi connectivity index (χ0n) is 7.11. The first-order valence-electron chi connectivity index (χ1n) is 3.61. The van der Waals surface area contributed by atoms with E-state index in [2.05, 4.69) is 9.97 Å². The normalized spacial score (nSPS) is 11.2. The van der Waals surface area contributed by atoms with Crippen LogP contribution in [0.1, 0.15) is 24.3 Å². The quantitative estimate of drug-likeness (QED) is 0.644. The Hall–Kier alpha value is -1.29. The molecule has 0 saturated heterocycles. The van der Waals surface area contributed by atoms with Crippen molar-refractivity contribution in [2.45, 2.75) is 19.4 Å². The largest absolute Gasteiger partial charge is 0.319 e. The lowest BCUT2D eigenvalue weighted by atomic mass is 9.99. The molecule has 12 heavy (non-hydrogen) atoms. The molecule has 0 amide bonds. The van der Waals surface area contributed by atoms with Crippen molar-refractivity contribution in [3.8, 4) is 0 Å². The van der Waals surface area contributed by atoms with E-state index in [0.29, 0.717) is 5.69 Å². The van der Waals surface area contributed by atoms with Gasteiger partial charge in [-0.1, -0.05) is 0 Å². The summed E-state index contributed by atoms with van der Waals surface area (Å²) in [7, 11) is 0. The second-order valence-corrected chi connectivity index (χ2v) is 3.14. The van der Waals surface area contributed by atoms with Crippen LogP contribution < -0.4 is 5.73 Å². The molecular weight excluding hydrogens is 154 g/mol. The van der Waals surface area contributed by atoms with Crippen LogP contribution in [0.25, 0.3) is 0 Å². The summed E-state index contributed by atoms with van der Waals surface area (Å²) in [6, 6.07) is 0. The van der Waals surface area contributed by atoms with Crippen LogP contribution in [0.2, 0.25) is 0 Å². The first kappa shape index (κ1) is 8.80. The molecule has 0 spiro atoms. The SMILES string of the molecule is CC(C)(N)C(=O)c1cnccn1. The van der Waals surface area contributed by atoms with Crippen molar-refractivity contribution in [2.75, 3.05) is 0 Å². The molecule has 1 aromatic heterocycles. The van der Waals surface area contributed by atoms with Gasteiger partial charge in [-0.25, -0.2) is 4.98 Å². The van der Waals surface area contributed by atoms with Gasteiger partial charge in [0, 0.05) is 12.4 Å². The molecule has 64 valence electrons. The predicted molar refractivity (Wildman–Crippen MR) is 44.6 cm³/mol. The summed E-state index contributed by atoms with van der Waals surface area (Å²) in [5, 5.41) is 0. The first-order chi connectivity index (χ1) is 5.52. The van der Waals surface area contributed by atoms with Gasteiger partial charge < -0.3 is 5.73 Å². The monoisotopic (exact) mass is 165 g/mol. The zero-order chi connectivity index (χ0) is 9.19. The molecule has 4 heteroatoms. The van der Waals surface area contributed by atoms with Crippen molar-refractivity contribution in [3.63, 3.8) is 0 Å². The van der Waals surface area contributed by atoms with Gasteiger partial charge in [0.1, 0.15) is 5.69 Å². The van der Waals surface area contributed by atoms with Crippen molar-refractivity contribution in [2.24, 2.45) is 5.73 Å². The number of carbonyl (C=O) groups is 1. The van der Waals surface area contributed by atoms with E-state index in [1.807, 2.05) is 0 Å². The van der Waals surface area contributed by atoms with Crippen molar-refractivity contribution >= 4 is 5.78 Å². The number of nitrogens with zero attached hydrogens (tertiary/aromatic N) is 2. The Morgan fingerprint density at radius 3 is 2.58 bits per heavy atom. The number of nitrogens with two attached hydrogens (primary N) is 1. The molecule has 2 N–H and O–H groups in total. The van der Waals surface area contributed by atoms with Gasteiger partial charge in [-0.2, -0.15) is 0 Å². The highest BCUT2D eigenvalue weighted by molar-refractivity contribution is 6.00. The lowest BCUT2D eigenvalue weighted by Crippen LogP contribution is -2.41. The first-order valence-corrected chi connectivity index (χ1v) is 3.61. The number of aromatic nitrogens is 2. The predicted octanol–water partition coefficient (Wildman–Crippen LogP) is 0.397. The van der Waals surface area contributed by atoms with E-state index in [9.17, 15) is 4.79 Å². The van der Waals surface area contributed by atoms with Crippen LogP contribution in [-0.4, -0.2) is 21.3 Å². The number of rotatable bonds is 2. The standard InChI is InChI=1S/C8H11N3O/c1-8(2,9)7(12)6-5-10-3-4-11-6/h3-5H,9H2,1-2H3. The number of hydrogen-bond acceptors (Lipinski definition) is 4. The summed E-state index contributed by atoms with van der Waals surface area (Å²) >= 11 is 0. The second-order valence-electron chi connectivity index (χ2n) is 3.14. The molecule has 0 aromatic carbocycles. The summed E-state index contributed by atoms with van der Waals surface area (Å²) < 4.78 is 0. The van der Waals surface area contributed by atoms with Crippen molar-refractivity contribution in [1.82, 2.24) is 9.97 Å². The van der Waals surface area contributed by atoms with Crippen LogP contribution in [0.15, 0.2) is 18.6 Å². The van der Waals surface area contributed by atoms with Gasteiger partial charge in [0.25, 0.3) is 0 Å². The maximum Gasteiger partial charge on any atom is 0.201 e. The molecule has 4 nitrogen and oxygen atoms in total. The molecule has 0 aliphatic carbocycles. The van der Waals surface area contributed by atoms with Gasteiger partial charge in [0.05, 0.1) is 11.7 Å². The molecule has 0 fully saturated rings. The third kappa shape index (κ3) is 1.85. The van der Waals surface area contributed by atoms with Gasteiger partial charge >= 0.3 is 0 Å². The molecule has 1 heterocycles. The van der Waals surface area contributed by atoms with Crippen LogP contribution in [0.5, 0.6) is 0 Å². The smallest absolute Gasteiger partial charge is 0.201 e. The molecule has 0 aliphatic heterocycles. The summed E-state index contributed by atoms with van der Waals surface area (Å²) in [6.07, 6.45) is 4.40. The van der Waals surface area contributed by atoms with Crippen LogP contribution >= 0.6 is 0 Å². The van der Waals surface area contributed by atoms with E-state index in [0.717, 1.165) is 0 Å². The summed E-state index contributed by atoms with van der Waals surface area (Å²) in [6.45, 7) is 3.29. The van der Waals surface area contributed by atoms with Crippen LogP contribution in [0, 0.1) is 0 Å². The fourth-order valence-electron chi connectivity index (χ4n) is 0.746. The Labute approximate surface area is 70.8 Å². The Kier molecular flexibility index (Phi) is 2.19. The van der Waals surface area contributed by atoms with Crippen LogP contribution in [-0.2, 0) is 0 Å². The minimum Gasteiger partial charge on any atom is -0.319 e. The number of hydrogen-bond donors (Lipinski definition) is 1. The van der Waals surface area contributed by atoms with Crippen molar-refractivity contribution in [1.29, 1.82) is 0 Å². The highest BCUT2D eigenvalue weighted by Crippen LogP contribution is 2.05. The molecular formula is C8H11N3O. The fraction of sp³-hybridized carbons (Fsp3) is 0.375. The van der Waals surface area contributed by atoms with Crippen LogP contribution in [0.3, 0.4) is 0 Å². The number of Topliss-reactive ketones (excluding diaryl/α,β-unsaturated/α-hetero) is 1. The van der Waals surface area contributed by atoms with Gasteiger partial charge in [0.15, 0.2) is 0 Å². The summed E-state index contributed by atoms with van der Waals surface area (Å²) in [5.41, 5.74) is 5.02. The van der Waals surface area contributed by atoms with E-state index < -0.39 is 5.54 Å². The van der Waals surface area contributed by atoms with E-state index in [1.54, 1.807) is 13.8 Å². The number of carbonyl (C=O) groups excluding carboxylic acids is 1. The van der Waals surface area contributed by atoms with Gasteiger partial charge in [0.2, 0.25) is 5.78 Å². The molecule has 1 rings (SSSR count). The molecule has 1 aromatic rings. The Morgan fingerprint density at radius 1 is 1.50 bits per heavy atom. The average Bonchev–Trinajstić information content (AvgIpc) is 2.03. The lowest BCUT2D eigenvalue weighted by molar-refractivity contribution is 0.0908. The van der Waals surface area contributed by atoms with Crippen molar-refractivity contribution in [3.05, 3.63) is 24.3 Å². The van der Waals surface area contributed by atoms with E-state index in [4.69, 9.17) is 5.73 Å². The zero-order valence-corrected chi connectivity index (χ0v) is 7.11. The summed E-state index contributed by atoms with van der Waals surface area (Å²) in [5.74, 6) is -0.199. The Morgan fingerprint density at radius 2 is 2.17 bits per heavy atom. The lowest BCUT2D eigenvalue weighted by Gasteiger charge is -2.15. The van der Waals surface area contributed by atoms with Crippen LogP contribution in [0.4, 0.5) is 0 Å². The third-order valence-electron chi connectivity index (χ3n) is 1.38. The van der Waals surface area contributed by atoms with E-state index >= 15 is 0 Å².